The molecule has 7 nitrogen and oxygen atoms in total. The largest absolute Gasteiger partial charge is 0.497 e. The van der Waals surface area contributed by atoms with Crippen LogP contribution >= 0.6 is 0 Å². The highest BCUT2D eigenvalue weighted by Crippen LogP contribution is 2.29. The van der Waals surface area contributed by atoms with Crippen LogP contribution in [0, 0.1) is 5.41 Å². The van der Waals surface area contributed by atoms with Crippen LogP contribution in [0.5, 0.6) is 5.75 Å². The van der Waals surface area contributed by atoms with Gasteiger partial charge in [-0.25, -0.2) is 13.2 Å². The van der Waals surface area contributed by atoms with Crippen LogP contribution in [0.15, 0.2) is 29.2 Å². The van der Waals surface area contributed by atoms with Crippen LogP contribution in [0.4, 0.5) is 4.79 Å². The summed E-state index contributed by atoms with van der Waals surface area (Å²) in [6.45, 7) is 6.38. The summed E-state index contributed by atoms with van der Waals surface area (Å²) in [6, 6.07) is 6.09. The van der Waals surface area contributed by atoms with Gasteiger partial charge in [-0.1, -0.05) is 13.8 Å². The van der Waals surface area contributed by atoms with Gasteiger partial charge in [0.1, 0.15) is 5.75 Å². The molecule has 0 unspecified atom stereocenters. The highest BCUT2D eigenvalue weighted by atomic mass is 32.2. The van der Waals surface area contributed by atoms with Crippen molar-refractivity contribution in [3.05, 3.63) is 24.3 Å². The van der Waals surface area contributed by atoms with Crippen LogP contribution in [0.2, 0.25) is 0 Å². The van der Waals surface area contributed by atoms with E-state index in [4.69, 9.17) is 4.74 Å². The van der Waals surface area contributed by atoms with Gasteiger partial charge in [0, 0.05) is 26.2 Å². The highest BCUT2D eigenvalue weighted by molar-refractivity contribution is 7.89. The number of likely N-dealkylation sites (tertiary alicyclic amines) is 1. The lowest BCUT2D eigenvalue weighted by molar-refractivity contribution is 0.177. The van der Waals surface area contributed by atoms with Gasteiger partial charge in [0.15, 0.2) is 0 Å². The second-order valence-corrected chi connectivity index (χ2v) is 9.42. The molecule has 25 heavy (non-hydrogen) atoms. The molecule has 0 radical (unpaired) electrons. The fourth-order valence-corrected chi connectivity index (χ4v) is 4.70. The van der Waals surface area contributed by atoms with Gasteiger partial charge in [-0.3, -0.25) is 0 Å². The zero-order valence-electron chi connectivity index (χ0n) is 14.9. The van der Waals surface area contributed by atoms with Gasteiger partial charge in [-0.2, -0.15) is 4.31 Å². The van der Waals surface area contributed by atoms with Crippen molar-refractivity contribution in [2.45, 2.75) is 31.2 Å². The average Bonchev–Trinajstić information content (AvgIpc) is 2.90. The first-order valence-corrected chi connectivity index (χ1v) is 9.85. The molecule has 8 heteroatoms. The van der Waals surface area contributed by atoms with Crippen molar-refractivity contribution >= 4 is 16.1 Å². The molecule has 2 amide bonds. The van der Waals surface area contributed by atoms with E-state index in [2.05, 4.69) is 19.2 Å². The molecule has 138 valence electrons. The minimum atomic E-state index is -3.52. The summed E-state index contributed by atoms with van der Waals surface area (Å²) in [6.07, 6.45) is 0.989. The molecule has 1 aromatic carbocycles. The van der Waals surface area contributed by atoms with Crippen LogP contribution in [0.1, 0.15) is 20.3 Å². The molecule has 1 aromatic rings. The molecule has 2 aliphatic heterocycles. The van der Waals surface area contributed by atoms with Crippen molar-refractivity contribution < 1.29 is 17.9 Å². The standard InChI is InChI=1S/C17H25N3O4S/c1-17(2)8-9-19(12-17)16(21)18-13-10-20(11-13)25(22,23)15-6-4-14(24-3)5-7-15/h4-7,13H,8-12H2,1-3H3,(H,18,21). The number of sulfonamides is 1. The molecule has 1 N–H and O–H groups in total. The normalized spacial score (nSPS) is 21.0. The molecule has 0 atom stereocenters. The first kappa shape index (κ1) is 18.0. The number of amides is 2. The smallest absolute Gasteiger partial charge is 0.317 e. The number of nitrogens with one attached hydrogen (secondary N) is 1. The van der Waals surface area contributed by atoms with Crippen LogP contribution in [-0.2, 0) is 10.0 Å². The molecule has 3 rings (SSSR count). The van der Waals surface area contributed by atoms with Crippen molar-refractivity contribution in [2.24, 2.45) is 5.41 Å². The summed E-state index contributed by atoms with van der Waals surface area (Å²) < 4.78 is 31.5. The van der Waals surface area contributed by atoms with Crippen LogP contribution in [0.3, 0.4) is 0 Å². The predicted octanol–water partition coefficient (Wildman–Crippen LogP) is 1.51. The quantitative estimate of drug-likeness (QED) is 0.875. The molecule has 2 fully saturated rings. The third-order valence-electron chi connectivity index (χ3n) is 4.84. The molecular formula is C17H25N3O4S. The van der Waals surface area contributed by atoms with Crippen molar-refractivity contribution in [3.8, 4) is 5.75 Å². The van der Waals surface area contributed by atoms with Gasteiger partial charge in [0.2, 0.25) is 10.0 Å². The number of hydrogen-bond donors (Lipinski definition) is 1. The van der Waals surface area contributed by atoms with E-state index in [9.17, 15) is 13.2 Å². The van der Waals surface area contributed by atoms with E-state index in [1.807, 2.05) is 0 Å². The Hall–Kier alpha value is -1.80. The zero-order valence-corrected chi connectivity index (χ0v) is 15.7. The lowest BCUT2D eigenvalue weighted by atomic mass is 9.93. The monoisotopic (exact) mass is 367 g/mol. The zero-order chi connectivity index (χ0) is 18.2. The van der Waals surface area contributed by atoms with E-state index < -0.39 is 10.0 Å². The number of hydrogen-bond acceptors (Lipinski definition) is 4. The Kier molecular flexibility index (Phi) is 4.68. The maximum absolute atomic E-state index is 12.5. The van der Waals surface area contributed by atoms with E-state index in [1.165, 1.54) is 23.5 Å². The second-order valence-electron chi connectivity index (χ2n) is 7.48. The Morgan fingerprint density at radius 3 is 2.40 bits per heavy atom. The number of urea groups is 1. The van der Waals surface area contributed by atoms with Gasteiger partial charge in [-0.15, -0.1) is 0 Å². The summed E-state index contributed by atoms with van der Waals surface area (Å²) in [5.74, 6) is 0.612. The average molecular weight is 367 g/mol. The van der Waals surface area contributed by atoms with Crippen molar-refractivity contribution in [1.29, 1.82) is 0 Å². The maximum Gasteiger partial charge on any atom is 0.317 e. The third-order valence-corrected chi connectivity index (χ3v) is 6.68. The summed E-state index contributed by atoms with van der Waals surface area (Å²) in [5.41, 5.74) is 0.153. The lowest BCUT2D eigenvalue weighted by Gasteiger charge is -2.39. The molecule has 2 saturated heterocycles. The Morgan fingerprint density at radius 1 is 1.24 bits per heavy atom. The van der Waals surface area contributed by atoms with Crippen molar-refractivity contribution in [1.82, 2.24) is 14.5 Å². The second kappa shape index (κ2) is 6.49. The molecule has 2 aliphatic rings. The van der Waals surface area contributed by atoms with Gasteiger partial charge in [0.05, 0.1) is 18.0 Å². The number of methoxy groups -OCH3 is 1. The fraction of sp³-hybridized carbons (Fsp3) is 0.588. The Bertz CT molecular complexity index is 740. The molecule has 0 saturated carbocycles. The number of nitrogens with zero attached hydrogens (tertiary/aromatic N) is 2. The van der Waals surface area contributed by atoms with E-state index in [-0.39, 0.29) is 22.4 Å². The SMILES string of the molecule is COc1ccc(S(=O)(=O)N2CC(NC(=O)N3CCC(C)(C)C3)C2)cc1. The van der Waals surface area contributed by atoms with Crippen LogP contribution in [0.25, 0.3) is 0 Å². The van der Waals surface area contributed by atoms with E-state index in [1.54, 1.807) is 17.0 Å². The number of carbonyl (C=O) groups is 1. The molecular weight excluding hydrogens is 342 g/mol. The summed E-state index contributed by atoms with van der Waals surface area (Å²) in [4.78, 5) is 14.3. The lowest BCUT2D eigenvalue weighted by Crippen LogP contribution is -2.62. The fourth-order valence-electron chi connectivity index (χ4n) is 3.17. The first-order valence-electron chi connectivity index (χ1n) is 8.41. The third kappa shape index (κ3) is 3.74. The summed E-state index contributed by atoms with van der Waals surface area (Å²) in [5, 5.41) is 2.93. The highest BCUT2D eigenvalue weighted by Gasteiger charge is 2.39. The molecule has 0 spiro atoms. The Labute approximate surface area is 149 Å². The molecule has 0 bridgehead atoms. The van der Waals surface area contributed by atoms with Crippen molar-refractivity contribution in [2.75, 3.05) is 33.3 Å². The number of benzene rings is 1. The van der Waals surface area contributed by atoms with E-state index in [0.717, 1.165) is 19.5 Å². The van der Waals surface area contributed by atoms with Crippen LogP contribution in [-0.4, -0.2) is 63.0 Å². The number of ether oxygens (including phenoxy) is 1. The molecule has 2 heterocycles. The van der Waals surface area contributed by atoms with Gasteiger partial charge in [-0.05, 0) is 36.1 Å². The molecule has 0 aromatic heterocycles. The Balaban J connectivity index is 1.54. The number of carbonyl (C=O) groups excluding carboxylic acids is 1. The molecule has 0 aliphatic carbocycles. The van der Waals surface area contributed by atoms with Crippen molar-refractivity contribution in [3.63, 3.8) is 0 Å². The maximum atomic E-state index is 12.5. The Morgan fingerprint density at radius 2 is 1.88 bits per heavy atom. The summed E-state index contributed by atoms with van der Waals surface area (Å²) >= 11 is 0. The van der Waals surface area contributed by atoms with Gasteiger partial charge in [0.25, 0.3) is 0 Å². The van der Waals surface area contributed by atoms with Gasteiger partial charge < -0.3 is 15.0 Å². The summed E-state index contributed by atoms with van der Waals surface area (Å²) in [7, 11) is -1.99. The topological polar surface area (TPSA) is 79.0 Å². The first-order chi connectivity index (χ1) is 11.7. The minimum Gasteiger partial charge on any atom is -0.497 e. The van der Waals surface area contributed by atoms with E-state index in [0.29, 0.717) is 18.8 Å². The van der Waals surface area contributed by atoms with Crippen LogP contribution < -0.4 is 10.1 Å². The van der Waals surface area contributed by atoms with Gasteiger partial charge >= 0.3 is 6.03 Å². The predicted molar refractivity (Wildman–Crippen MR) is 94.0 cm³/mol. The minimum absolute atomic E-state index is 0.0999. The van der Waals surface area contributed by atoms with E-state index >= 15 is 0 Å². The number of rotatable bonds is 4.